The van der Waals surface area contributed by atoms with E-state index in [1.807, 2.05) is 12.1 Å². The molecule has 1 fully saturated rings. The third-order valence-electron chi connectivity index (χ3n) is 4.74. The average Bonchev–Trinajstić information content (AvgIpc) is 3.01. The number of rotatable bonds is 6. The fourth-order valence-corrected chi connectivity index (χ4v) is 4.60. The molecule has 25 heavy (non-hydrogen) atoms. The average molecular weight is 363 g/mol. The molecule has 2 aromatic rings. The van der Waals surface area contributed by atoms with Gasteiger partial charge in [-0.05, 0) is 36.8 Å². The zero-order chi connectivity index (χ0) is 17.9. The van der Waals surface area contributed by atoms with Crippen LogP contribution in [0.2, 0.25) is 0 Å². The second-order valence-electron chi connectivity index (χ2n) is 6.60. The van der Waals surface area contributed by atoms with E-state index in [-0.39, 0.29) is 5.91 Å². The molecule has 1 aliphatic rings. The Morgan fingerprint density at radius 1 is 1.24 bits per heavy atom. The number of carbonyl (C=O) groups excluding carboxylic acids is 1. The number of piperidine rings is 1. The number of hydrogen-bond donors (Lipinski definition) is 1. The summed E-state index contributed by atoms with van der Waals surface area (Å²) in [6.45, 7) is 1.79. The topological polar surface area (TPSA) is 71.4 Å². The smallest absolute Gasteiger partial charge is 0.238 e. The normalized spacial score (nSPS) is 19.2. The van der Waals surface area contributed by atoms with E-state index < -0.39 is 16.1 Å². The van der Waals surface area contributed by atoms with Gasteiger partial charge in [0.1, 0.15) is 6.04 Å². The zero-order valence-corrected chi connectivity index (χ0v) is 15.3. The van der Waals surface area contributed by atoms with Gasteiger partial charge in [-0.15, -0.1) is 0 Å². The highest BCUT2D eigenvalue weighted by Gasteiger charge is 2.34. The van der Waals surface area contributed by atoms with Crippen LogP contribution in [0.25, 0.3) is 10.9 Å². The number of aryl methyl sites for hydroxylation is 1. The Bertz CT molecular complexity index is 844. The van der Waals surface area contributed by atoms with Crippen LogP contribution in [0.15, 0.2) is 36.5 Å². The molecule has 0 spiro atoms. The molecule has 1 N–H and O–H groups in total. The molecule has 1 aliphatic heterocycles. The molecule has 0 aliphatic carbocycles. The van der Waals surface area contributed by atoms with Crippen LogP contribution in [0, 0.1) is 0 Å². The molecular formula is C18H25N3O3S. The molecule has 1 atom stereocenters. The van der Waals surface area contributed by atoms with Crippen LogP contribution in [0.1, 0.15) is 25.7 Å². The van der Waals surface area contributed by atoms with Crippen LogP contribution in [0.3, 0.4) is 0 Å². The molecule has 7 heteroatoms. The van der Waals surface area contributed by atoms with E-state index in [2.05, 4.69) is 34.3 Å². The number of para-hydroxylation sites is 1. The van der Waals surface area contributed by atoms with Crippen molar-refractivity contribution in [3.05, 3.63) is 36.5 Å². The van der Waals surface area contributed by atoms with Gasteiger partial charge in [0.15, 0.2) is 0 Å². The number of amides is 1. The number of fused-ring (bicyclic) bond motifs is 1. The third kappa shape index (κ3) is 4.22. The maximum atomic E-state index is 12.4. The summed E-state index contributed by atoms with van der Waals surface area (Å²) >= 11 is 0. The lowest BCUT2D eigenvalue weighted by Gasteiger charge is -2.32. The highest BCUT2D eigenvalue weighted by Crippen LogP contribution is 2.20. The van der Waals surface area contributed by atoms with Crippen LogP contribution < -0.4 is 5.32 Å². The first-order valence-electron chi connectivity index (χ1n) is 8.75. The monoisotopic (exact) mass is 363 g/mol. The van der Waals surface area contributed by atoms with E-state index >= 15 is 0 Å². The van der Waals surface area contributed by atoms with E-state index in [0.717, 1.165) is 25.8 Å². The van der Waals surface area contributed by atoms with E-state index in [4.69, 9.17) is 0 Å². The van der Waals surface area contributed by atoms with Crippen molar-refractivity contribution in [3.8, 4) is 0 Å². The minimum Gasteiger partial charge on any atom is -0.355 e. The lowest BCUT2D eigenvalue weighted by Crippen LogP contribution is -2.51. The van der Waals surface area contributed by atoms with Crippen molar-refractivity contribution in [2.75, 3.05) is 19.3 Å². The van der Waals surface area contributed by atoms with Crippen LogP contribution in [0.5, 0.6) is 0 Å². The Kier molecular flexibility index (Phi) is 5.44. The molecule has 136 valence electrons. The van der Waals surface area contributed by atoms with Gasteiger partial charge in [-0.2, -0.15) is 4.31 Å². The largest absolute Gasteiger partial charge is 0.355 e. The summed E-state index contributed by atoms with van der Waals surface area (Å²) < 4.78 is 27.2. The molecule has 1 saturated heterocycles. The summed E-state index contributed by atoms with van der Waals surface area (Å²) in [5, 5.41) is 4.11. The van der Waals surface area contributed by atoms with Gasteiger partial charge in [-0.25, -0.2) is 8.42 Å². The standard InChI is InChI=1S/C18H25N3O3S/c1-25(23,24)21-13-5-4-9-17(21)18(22)19-11-6-12-20-14-10-15-7-2-3-8-16(15)20/h2-3,7-8,10,14,17H,4-6,9,11-13H2,1H3,(H,19,22). The first-order valence-corrected chi connectivity index (χ1v) is 10.6. The number of aromatic nitrogens is 1. The molecule has 1 aromatic carbocycles. The predicted octanol–water partition coefficient (Wildman–Crippen LogP) is 1.96. The Labute approximate surface area is 148 Å². The van der Waals surface area contributed by atoms with Crippen molar-refractivity contribution in [2.24, 2.45) is 0 Å². The fourth-order valence-electron chi connectivity index (χ4n) is 3.48. The Hall–Kier alpha value is -1.86. The minimum absolute atomic E-state index is 0.178. The van der Waals surface area contributed by atoms with Crippen LogP contribution in [0.4, 0.5) is 0 Å². The van der Waals surface area contributed by atoms with Crippen molar-refractivity contribution in [1.29, 1.82) is 0 Å². The predicted molar refractivity (Wildman–Crippen MR) is 98.8 cm³/mol. The van der Waals surface area contributed by atoms with E-state index in [9.17, 15) is 13.2 Å². The lowest BCUT2D eigenvalue weighted by molar-refractivity contribution is -0.125. The summed E-state index contributed by atoms with van der Waals surface area (Å²) in [6, 6.07) is 9.72. The number of nitrogens with one attached hydrogen (secondary N) is 1. The molecule has 1 amide bonds. The Balaban J connectivity index is 1.52. The molecule has 0 saturated carbocycles. The van der Waals surface area contributed by atoms with Gasteiger partial charge in [0.25, 0.3) is 0 Å². The highest BCUT2D eigenvalue weighted by molar-refractivity contribution is 7.88. The van der Waals surface area contributed by atoms with Crippen LogP contribution in [-0.4, -0.2) is 48.6 Å². The zero-order valence-electron chi connectivity index (χ0n) is 14.5. The molecule has 1 aromatic heterocycles. The van der Waals surface area contributed by atoms with Gasteiger partial charge >= 0.3 is 0 Å². The summed E-state index contributed by atoms with van der Waals surface area (Å²) in [6.07, 6.45) is 6.34. The van der Waals surface area contributed by atoms with Gasteiger partial charge < -0.3 is 9.88 Å². The maximum Gasteiger partial charge on any atom is 0.238 e. The number of benzene rings is 1. The molecule has 1 unspecified atom stereocenters. The lowest BCUT2D eigenvalue weighted by atomic mass is 10.0. The van der Waals surface area contributed by atoms with Crippen LogP contribution in [-0.2, 0) is 21.4 Å². The van der Waals surface area contributed by atoms with Crippen molar-refractivity contribution < 1.29 is 13.2 Å². The van der Waals surface area contributed by atoms with Gasteiger partial charge in [0.2, 0.25) is 15.9 Å². The van der Waals surface area contributed by atoms with Crippen molar-refractivity contribution >= 4 is 26.8 Å². The van der Waals surface area contributed by atoms with Gasteiger partial charge in [-0.3, -0.25) is 4.79 Å². The van der Waals surface area contributed by atoms with Crippen molar-refractivity contribution in [1.82, 2.24) is 14.2 Å². The van der Waals surface area contributed by atoms with E-state index in [1.54, 1.807) is 0 Å². The van der Waals surface area contributed by atoms with Gasteiger partial charge in [0, 0.05) is 31.3 Å². The quantitative estimate of drug-likeness (QED) is 0.798. The maximum absolute atomic E-state index is 12.4. The fraction of sp³-hybridized carbons (Fsp3) is 0.500. The third-order valence-corrected chi connectivity index (χ3v) is 6.03. The second-order valence-corrected chi connectivity index (χ2v) is 8.53. The second kappa shape index (κ2) is 7.58. The minimum atomic E-state index is -3.34. The van der Waals surface area contributed by atoms with Gasteiger partial charge in [-0.1, -0.05) is 24.6 Å². The first-order chi connectivity index (χ1) is 12.0. The van der Waals surface area contributed by atoms with Crippen molar-refractivity contribution in [2.45, 2.75) is 38.3 Å². The molecular weight excluding hydrogens is 338 g/mol. The summed E-state index contributed by atoms with van der Waals surface area (Å²) in [4.78, 5) is 12.4. The molecule has 0 radical (unpaired) electrons. The Morgan fingerprint density at radius 3 is 2.84 bits per heavy atom. The molecule has 6 nitrogen and oxygen atoms in total. The highest BCUT2D eigenvalue weighted by atomic mass is 32.2. The Morgan fingerprint density at radius 2 is 2.04 bits per heavy atom. The van der Waals surface area contributed by atoms with E-state index in [1.165, 1.54) is 21.5 Å². The summed E-state index contributed by atoms with van der Waals surface area (Å²) in [5.74, 6) is -0.178. The number of sulfonamides is 1. The first kappa shape index (κ1) is 17.9. The number of hydrogen-bond acceptors (Lipinski definition) is 3. The van der Waals surface area contributed by atoms with Crippen molar-refractivity contribution in [3.63, 3.8) is 0 Å². The number of carbonyl (C=O) groups is 1. The summed E-state index contributed by atoms with van der Waals surface area (Å²) in [5.41, 5.74) is 1.18. The number of nitrogens with zero attached hydrogens (tertiary/aromatic N) is 2. The molecule has 0 bridgehead atoms. The van der Waals surface area contributed by atoms with Gasteiger partial charge in [0.05, 0.1) is 6.26 Å². The molecule has 3 rings (SSSR count). The SMILES string of the molecule is CS(=O)(=O)N1CCCCC1C(=O)NCCCn1ccc2ccccc21. The van der Waals surface area contributed by atoms with Crippen LogP contribution >= 0.6 is 0 Å². The van der Waals surface area contributed by atoms with E-state index in [0.29, 0.717) is 19.5 Å². The molecule has 2 heterocycles. The summed E-state index contributed by atoms with van der Waals surface area (Å²) in [7, 11) is -3.34.